The van der Waals surface area contributed by atoms with Crippen LogP contribution in [0.4, 0.5) is 0 Å². The summed E-state index contributed by atoms with van der Waals surface area (Å²) in [5.74, 6) is 0.886. The summed E-state index contributed by atoms with van der Waals surface area (Å²) in [7, 11) is 3.10. The molecular formula is C19H22N2O4. The van der Waals surface area contributed by atoms with Gasteiger partial charge in [0.2, 0.25) is 0 Å². The summed E-state index contributed by atoms with van der Waals surface area (Å²) in [6.07, 6.45) is 2.62. The quantitative estimate of drug-likeness (QED) is 0.904. The minimum absolute atomic E-state index is 0.113. The summed E-state index contributed by atoms with van der Waals surface area (Å²) in [5.41, 5.74) is 2.09. The van der Waals surface area contributed by atoms with Crippen molar-refractivity contribution in [3.63, 3.8) is 0 Å². The first-order chi connectivity index (χ1) is 12.1. The fourth-order valence-electron chi connectivity index (χ4n) is 3.16. The Hall–Kier alpha value is -2.76. The number of carbonyl (C=O) groups is 1. The lowest BCUT2D eigenvalue weighted by Gasteiger charge is -2.22. The van der Waals surface area contributed by atoms with Crippen molar-refractivity contribution in [2.24, 2.45) is 0 Å². The first-order valence-corrected chi connectivity index (χ1v) is 8.36. The Labute approximate surface area is 146 Å². The van der Waals surface area contributed by atoms with E-state index in [4.69, 9.17) is 9.47 Å². The fraction of sp³-hybridized carbons (Fsp3) is 0.368. The van der Waals surface area contributed by atoms with Gasteiger partial charge in [-0.15, -0.1) is 0 Å². The van der Waals surface area contributed by atoms with Gasteiger partial charge < -0.3 is 19.4 Å². The van der Waals surface area contributed by atoms with Gasteiger partial charge in [0.25, 0.3) is 11.5 Å². The molecule has 1 aromatic carbocycles. The van der Waals surface area contributed by atoms with E-state index >= 15 is 0 Å². The second kappa shape index (κ2) is 7.42. The van der Waals surface area contributed by atoms with Crippen molar-refractivity contribution >= 4 is 5.91 Å². The van der Waals surface area contributed by atoms with Crippen LogP contribution in [0.1, 0.15) is 34.5 Å². The highest BCUT2D eigenvalue weighted by Crippen LogP contribution is 2.25. The second-order valence-corrected chi connectivity index (χ2v) is 6.01. The van der Waals surface area contributed by atoms with E-state index in [-0.39, 0.29) is 11.5 Å². The zero-order chi connectivity index (χ0) is 17.8. The zero-order valence-electron chi connectivity index (χ0n) is 14.5. The predicted molar refractivity (Wildman–Crippen MR) is 94.4 cm³/mol. The van der Waals surface area contributed by atoms with Gasteiger partial charge in [-0.05, 0) is 37.0 Å². The Bertz CT molecular complexity index is 825. The third kappa shape index (κ3) is 3.52. The third-order valence-electron chi connectivity index (χ3n) is 4.49. The van der Waals surface area contributed by atoms with Crippen molar-refractivity contribution in [3.8, 4) is 11.5 Å². The SMILES string of the molecule is COc1ccc(CNC(=O)c2c(OC)cc(=O)n3c2CCCC3)cc1. The maximum atomic E-state index is 12.8. The minimum Gasteiger partial charge on any atom is -0.497 e. The zero-order valence-corrected chi connectivity index (χ0v) is 14.5. The van der Waals surface area contributed by atoms with Gasteiger partial charge in [-0.1, -0.05) is 12.1 Å². The Morgan fingerprint density at radius 2 is 1.92 bits per heavy atom. The van der Waals surface area contributed by atoms with Crippen molar-refractivity contribution in [3.05, 3.63) is 57.5 Å². The molecule has 1 amide bonds. The van der Waals surface area contributed by atoms with Gasteiger partial charge in [-0.3, -0.25) is 9.59 Å². The normalized spacial score (nSPS) is 13.0. The average molecular weight is 342 g/mol. The lowest BCUT2D eigenvalue weighted by Crippen LogP contribution is -2.32. The van der Waals surface area contributed by atoms with Gasteiger partial charge in [0.1, 0.15) is 17.1 Å². The fourth-order valence-corrected chi connectivity index (χ4v) is 3.16. The van der Waals surface area contributed by atoms with Crippen LogP contribution < -0.4 is 20.3 Å². The van der Waals surface area contributed by atoms with E-state index in [1.54, 1.807) is 11.7 Å². The molecule has 0 radical (unpaired) electrons. The molecule has 0 fully saturated rings. The number of pyridine rings is 1. The number of hydrogen-bond acceptors (Lipinski definition) is 4. The van der Waals surface area contributed by atoms with Crippen molar-refractivity contribution in [1.82, 2.24) is 9.88 Å². The summed E-state index contributed by atoms with van der Waals surface area (Å²) >= 11 is 0. The molecule has 1 aliphatic heterocycles. The number of methoxy groups -OCH3 is 2. The molecule has 1 N–H and O–H groups in total. The molecule has 0 saturated carbocycles. The van der Waals surface area contributed by atoms with Crippen LogP contribution in [-0.4, -0.2) is 24.7 Å². The van der Waals surface area contributed by atoms with E-state index in [0.29, 0.717) is 30.8 Å². The summed E-state index contributed by atoms with van der Waals surface area (Å²) in [6, 6.07) is 8.91. The highest BCUT2D eigenvalue weighted by Gasteiger charge is 2.23. The molecule has 0 bridgehead atoms. The molecule has 6 nitrogen and oxygen atoms in total. The van der Waals surface area contributed by atoms with Crippen molar-refractivity contribution in [1.29, 1.82) is 0 Å². The first-order valence-electron chi connectivity index (χ1n) is 8.36. The van der Waals surface area contributed by atoms with Crippen LogP contribution in [0.3, 0.4) is 0 Å². The number of carbonyl (C=O) groups excluding carboxylic acids is 1. The van der Waals surface area contributed by atoms with Crippen LogP contribution in [-0.2, 0) is 19.5 Å². The van der Waals surface area contributed by atoms with E-state index in [2.05, 4.69) is 5.32 Å². The number of fused-ring (bicyclic) bond motifs is 1. The molecule has 1 aliphatic rings. The summed E-state index contributed by atoms with van der Waals surface area (Å²) in [4.78, 5) is 25.0. The first kappa shape index (κ1) is 17.1. The Balaban J connectivity index is 1.84. The summed E-state index contributed by atoms with van der Waals surface area (Å²) < 4.78 is 12.1. The van der Waals surface area contributed by atoms with Crippen LogP contribution in [0.25, 0.3) is 0 Å². The molecule has 25 heavy (non-hydrogen) atoms. The van der Waals surface area contributed by atoms with Gasteiger partial charge in [-0.2, -0.15) is 0 Å². The smallest absolute Gasteiger partial charge is 0.257 e. The van der Waals surface area contributed by atoms with E-state index in [1.165, 1.54) is 13.2 Å². The second-order valence-electron chi connectivity index (χ2n) is 6.01. The number of hydrogen-bond donors (Lipinski definition) is 1. The van der Waals surface area contributed by atoms with Gasteiger partial charge in [-0.25, -0.2) is 0 Å². The van der Waals surface area contributed by atoms with E-state index in [1.807, 2.05) is 24.3 Å². The highest BCUT2D eigenvalue weighted by atomic mass is 16.5. The van der Waals surface area contributed by atoms with Gasteiger partial charge in [0, 0.05) is 24.8 Å². The van der Waals surface area contributed by atoms with E-state index in [0.717, 1.165) is 29.8 Å². The standard InChI is InChI=1S/C19H22N2O4/c1-24-14-8-6-13(7-9-14)12-20-19(23)18-15-5-3-4-10-21(15)17(22)11-16(18)25-2/h6-9,11H,3-5,10,12H2,1-2H3,(H,20,23). The lowest BCUT2D eigenvalue weighted by molar-refractivity contribution is 0.0945. The van der Waals surface area contributed by atoms with E-state index < -0.39 is 0 Å². The maximum Gasteiger partial charge on any atom is 0.257 e. The third-order valence-corrected chi connectivity index (χ3v) is 4.49. The largest absolute Gasteiger partial charge is 0.497 e. The topological polar surface area (TPSA) is 69.6 Å². The Kier molecular flexibility index (Phi) is 5.07. The van der Waals surface area contributed by atoms with E-state index in [9.17, 15) is 9.59 Å². The number of rotatable bonds is 5. The Morgan fingerprint density at radius 3 is 2.60 bits per heavy atom. The van der Waals surface area contributed by atoms with Crippen molar-refractivity contribution in [2.45, 2.75) is 32.4 Å². The monoisotopic (exact) mass is 342 g/mol. The maximum absolute atomic E-state index is 12.8. The molecule has 2 heterocycles. The average Bonchev–Trinajstić information content (AvgIpc) is 2.66. The number of benzene rings is 1. The number of nitrogens with zero attached hydrogens (tertiary/aromatic N) is 1. The molecular weight excluding hydrogens is 320 g/mol. The van der Waals surface area contributed by atoms with Gasteiger partial charge in [0.05, 0.1) is 14.2 Å². The number of aromatic nitrogens is 1. The van der Waals surface area contributed by atoms with Gasteiger partial charge in [0.15, 0.2) is 0 Å². The number of ether oxygens (including phenoxy) is 2. The summed E-state index contributed by atoms with van der Waals surface area (Å²) in [5, 5.41) is 2.92. The highest BCUT2D eigenvalue weighted by molar-refractivity contribution is 5.98. The molecule has 132 valence electrons. The van der Waals surface area contributed by atoms with Crippen LogP contribution >= 0.6 is 0 Å². The summed E-state index contributed by atoms with van der Waals surface area (Å²) in [6.45, 7) is 1.04. The number of amides is 1. The number of nitrogens with one attached hydrogen (secondary N) is 1. The van der Waals surface area contributed by atoms with Crippen molar-refractivity contribution in [2.75, 3.05) is 14.2 Å². The lowest BCUT2D eigenvalue weighted by atomic mass is 10.0. The molecule has 2 aromatic rings. The molecule has 0 unspecified atom stereocenters. The van der Waals surface area contributed by atoms with Crippen LogP contribution in [0.2, 0.25) is 0 Å². The van der Waals surface area contributed by atoms with Crippen LogP contribution in [0.5, 0.6) is 11.5 Å². The molecule has 0 atom stereocenters. The van der Waals surface area contributed by atoms with Crippen LogP contribution in [0, 0.1) is 0 Å². The van der Waals surface area contributed by atoms with Gasteiger partial charge >= 0.3 is 0 Å². The molecule has 6 heteroatoms. The Morgan fingerprint density at radius 1 is 1.16 bits per heavy atom. The molecule has 0 aliphatic carbocycles. The minimum atomic E-state index is -0.224. The van der Waals surface area contributed by atoms with Crippen LogP contribution in [0.15, 0.2) is 35.1 Å². The molecule has 1 aromatic heterocycles. The van der Waals surface area contributed by atoms with Crippen molar-refractivity contribution < 1.29 is 14.3 Å². The predicted octanol–water partition coefficient (Wildman–Crippen LogP) is 2.13. The molecule has 0 spiro atoms. The molecule has 3 rings (SSSR count). The molecule has 0 saturated heterocycles.